The third-order valence-corrected chi connectivity index (χ3v) is 1.86. The van der Waals surface area contributed by atoms with Crippen LogP contribution in [0.4, 0.5) is 0 Å². The fraction of sp³-hybridized carbons (Fsp3) is 0.571. The Hall–Kier alpha value is -0.770. The van der Waals surface area contributed by atoms with Gasteiger partial charge in [-0.3, -0.25) is 0 Å². The lowest BCUT2D eigenvalue weighted by Gasteiger charge is -2.00. The minimum absolute atomic E-state index is 0.203. The van der Waals surface area contributed by atoms with Gasteiger partial charge < -0.3 is 0 Å². The third kappa shape index (κ3) is 0.626. The Labute approximate surface area is 49.6 Å². The Morgan fingerprint density at radius 2 is 2.25 bits per heavy atom. The molecular formula is C7H9N. The van der Waals surface area contributed by atoms with E-state index >= 15 is 0 Å². The van der Waals surface area contributed by atoms with Gasteiger partial charge in [-0.15, -0.1) is 0 Å². The van der Waals surface area contributed by atoms with Crippen molar-refractivity contribution in [3.63, 3.8) is 0 Å². The number of nitriles is 1. The molecule has 0 aliphatic heterocycles. The molecule has 42 valence electrons. The second kappa shape index (κ2) is 1.35. The molecule has 0 aromatic rings. The maximum atomic E-state index is 8.36. The molecule has 1 aliphatic carbocycles. The van der Waals surface area contributed by atoms with Crippen molar-refractivity contribution in [3.8, 4) is 6.07 Å². The van der Waals surface area contributed by atoms with E-state index in [0.29, 0.717) is 0 Å². The van der Waals surface area contributed by atoms with Crippen molar-refractivity contribution >= 4 is 0 Å². The molecule has 0 amide bonds. The molecule has 0 spiro atoms. The van der Waals surface area contributed by atoms with Gasteiger partial charge in [0.25, 0.3) is 0 Å². The molecular weight excluding hydrogens is 98.1 g/mol. The molecule has 1 rings (SSSR count). The third-order valence-electron chi connectivity index (χ3n) is 1.86. The van der Waals surface area contributed by atoms with E-state index in [0.717, 1.165) is 18.4 Å². The zero-order valence-corrected chi connectivity index (χ0v) is 5.07. The summed E-state index contributed by atoms with van der Waals surface area (Å²) < 4.78 is 0. The van der Waals surface area contributed by atoms with E-state index in [1.165, 1.54) is 0 Å². The van der Waals surface area contributed by atoms with E-state index in [1.54, 1.807) is 0 Å². The summed E-state index contributed by atoms with van der Waals surface area (Å²) in [5.74, 6) is 0. The lowest BCUT2D eigenvalue weighted by Crippen LogP contribution is -1.92. The normalized spacial score (nSPS) is 21.5. The molecule has 0 unspecified atom stereocenters. The highest BCUT2D eigenvalue weighted by Gasteiger charge is 2.39. The number of hydrogen-bond donors (Lipinski definition) is 0. The second-order valence-corrected chi connectivity index (χ2v) is 2.65. The molecule has 0 saturated heterocycles. The summed E-state index contributed by atoms with van der Waals surface area (Å²) in [5, 5.41) is 8.36. The molecule has 0 heterocycles. The van der Waals surface area contributed by atoms with Crippen LogP contribution in [0, 0.1) is 16.7 Å². The monoisotopic (exact) mass is 107 g/mol. The predicted octanol–water partition coefficient (Wildman–Crippen LogP) is 1.87. The van der Waals surface area contributed by atoms with Gasteiger partial charge in [-0.25, -0.2) is 0 Å². The summed E-state index contributed by atoms with van der Waals surface area (Å²) in [7, 11) is 0. The minimum Gasteiger partial charge on any atom is -0.193 e. The Morgan fingerprint density at radius 3 is 2.38 bits per heavy atom. The molecule has 1 aliphatic rings. The average molecular weight is 107 g/mol. The fourth-order valence-corrected chi connectivity index (χ4v) is 0.624. The number of hydrogen-bond acceptors (Lipinski definition) is 1. The van der Waals surface area contributed by atoms with Crippen LogP contribution >= 0.6 is 0 Å². The quantitative estimate of drug-likeness (QED) is 0.469. The van der Waals surface area contributed by atoms with Crippen LogP contribution in [0.1, 0.15) is 19.8 Å². The summed E-state index contributed by atoms with van der Waals surface area (Å²) in [4.78, 5) is 0. The van der Waals surface area contributed by atoms with Crippen molar-refractivity contribution in [2.45, 2.75) is 19.8 Å². The molecule has 0 aromatic carbocycles. The maximum Gasteiger partial charge on any atom is 0.0946 e. The number of nitrogens with zero attached hydrogens (tertiary/aromatic N) is 1. The Bertz CT molecular complexity index is 158. The molecule has 0 atom stereocenters. The Kier molecular flexibility index (Phi) is 0.907. The lowest BCUT2D eigenvalue weighted by atomic mass is 10.0. The van der Waals surface area contributed by atoms with Crippen LogP contribution in [-0.2, 0) is 0 Å². The van der Waals surface area contributed by atoms with Gasteiger partial charge in [0.15, 0.2) is 0 Å². The highest BCUT2D eigenvalue weighted by Crippen LogP contribution is 2.50. The van der Waals surface area contributed by atoms with Gasteiger partial charge in [0.2, 0.25) is 0 Å². The summed E-state index contributed by atoms with van der Waals surface area (Å²) in [5.41, 5.74) is 0.951. The van der Waals surface area contributed by atoms with Gasteiger partial charge in [0.05, 0.1) is 6.07 Å². The Morgan fingerprint density at radius 1 is 1.75 bits per heavy atom. The SMILES string of the molecule is C=C(C#N)C1(C)CC1. The molecule has 1 nitrogen and oxygen atoms in total. The standard InChI is InChI=1S/C7H9N/c1-6(5-8)7(2)3-4-7/h1,3-4H2,2H3. The van der Waals surface area contributed by atoms with Gasteiger partial charge >= 0.3 is 0 Å². The van der Waals surface area contributed by atoms with Crippen LogP contribution in [0.2, 0.25) is 0 Å². The fourth-order valence-electron chi connectivity index (χ4n) is 0.624. The van der Waals surface area contributed by atoms with Crippen molar-refractivity contribution in [2.24, 2.45) is 5.41 Å². The molecule has 1 fully saturated rings. The highest BCUT2D eigenvalue weighted by molar-refractivity contribution is 5.29. The smallest absolute Gasteiger partial charge is 0.0946 e. The minimum atomic E-state index is 0.203. The van der Waals surface area contributed by atoms with Gasteiger partial charge in [0, 0.05) is 11.0 Å². The van der Waals surface area contributed by atoms with Gasteiger partial charge in [0.1, 0.15) is 0 Å². The average Bonchev–Trinajstić information content (AvgIpc) is 2.47. The summed E-state index contributed by atoms with van der Waals surface area (Å²) in [6, 6.07) is 2.07. The first-order valence-electron chi connectivity index (χ1n) is 2.78. The van der Waals surface area contributed by atoms with E-state index in [4.69, 9.17) is 5.26 Å². The van der Waals surface area contributed by atoms with Crippen LogP contribution in [0.15, 0.2) is 12.2 Å². The van der Waals surface area contributed by atoms with E-state index in [2.05, 4.69) is 19.6 Å². The Balaban J connectivity index is 2.63. The number of rotatable bonds is 1. The van der Waals surface area contributed by atoms with Gasteiger partial charge in [-0.05, 0) is 12.8 Å². The highest BCUT2D eigenvalue weighted by atomic mass is 14.4. The zero-order valence-electron chi connectivity index (χ0n) is 5.07. The van der Waals surface area contributed by atoms with Crippen molar-refractivity contribution < 1.29 is 0 Å². The zero-order chi connectivity index (χ0) is 6.20. The molecule has 0 aromatic heterocycles. The topological polar surface area (TPSA) is 23.8 Å². The lowest BCUT2D eigenvalue weighted by molar-refractivity contribution is 0.716. The molecule has 0 N–H and O–H groups in total. The van der Waals surface area contributed by atoms with Gasteiger partial charge in [-0.1, -0.05) is 13.5 Å². The first kappa shape index (κ1) is 5.37. The van der Waals surface area contributed by atoms with Crippen molar-refractivity contribution in [3.05, 3.63) is 12.2 Å². The van der Waals surface area contributed by atoms with Crippen LogP contribution in [0.25, 0.3) is 0 Å². The first-order chi connectivity index (χ1) is 3.69. The predicted molar refractivity (Wildman–Crippen MR) is 32.1 cm³/mol. The van der Waals surface area contributed by atoms with Crippen molar-refractivity contribution in [1.82, 2.24) is 0 Å². The molecule has 0 bridgehead atoms. The summed E-state index contributed by atoms with van der Waals surface area (Å²) in [6.07, 6.45) is 2.30. The van der Waals surface area contributed by atoms with Gasteiger partial charge in [-0.2, -0.15) is 5.26 Å². The first-order valence-corrected chi connectivity index (χ1v) is 2.78. The van der Waals surface area contributed by atoms with Crippen molar-refractivity contribution in [1.29, 1.82) is 5.26 Å². The van der Waals surface area contributed by atoms with Crippen LogP contribution < -0.4 is 0 Å². The van der Waals surface area contributed by atoms with E-state index in [1.807, 2.05) is 0 Å². The summed E-state index contributed by atoms with van der Waals surface area (Å²) >= 11 is 0. The van der Waals surface area contributed by atoms with E-state index in [-0.39, 0.29) is 5.41 Å². The van der Waals surface area contributed by atoms with E-state index in [9.17, 15) is 0 Å². The molecule has 8 heavy (non-hydrogen) atoms. The number of allylic oxidation sites excluding steroid dienone is 1. The maximum absolute atomic E-state index is 8.36. The van der Waals surface area contributed by atoms with Crippen LogP contribution in [-0.4, -0.2) is 0 Å². The molecule has 0 radical (unpaired) electrons. The van der Waals surface area contributed by atoms with Crippen LogP contribution in [0.3, 0.4) is 0 Å². The van der Waals surface area contributed by atoms with Crippen LogP contribution in [0.5, 0.6) is 0 Å². The van der Waals surface area contributed by atoms with E-state index < -0.39 is 0 Å². The molecule has 1 heteroatoms. The largest absolute Gasteiger partial charge is 0.193 e. The second-order valence-electron chi connectivity index (χ2n) is 2.65. The van der Waals surface area contributed by atoms with Crippen molar-refractivity contribution in [2.75, 3.05) is 0 Å². The summed E-state index contributed by atoms with van der Waals surface area (Å²) in [6.45, 7) is 5.73. The molecule has 1 saturated carbocycles.